The van der Waals surface area contributed by atoms with Crippen LogP contribution in [-0.2, 0) is 22.0 Å². The Morgan fingerprint density at radius 3 is 2.70 bits per heavy atom. The van der Waals surface area contributed by atoms with E-state index < -0.39 is 22.8 Å². The molecule has 20 heavy (non-hydrogen) atoms. The number of rotatable bonds is 6. The van der Waals surface area contributed by atoms with E-state index in [0.29, 0.717) is 17.0 Å². The molecule has 0 saturated heterocycles. The van der Waals surface area contributed by atoms with E-state index in [4.69, 9.17) is 5.11 Å². The van der Waals surface area contributed by atoms with Gasteiger partial charge in [0.1, 0.15) is 0 Å². The summed E-state index contributed by atoms with van der Waals surface area (Å²) >= 11 is 0. The Balaban J connectivity index is 2.57. The van der Waals surface area contributed by atoms with Gasteiger partial charge in [0.15, 0.2) is 0 Å². The fourth-order valence-electron chi connectivity index (χ4n) is 1.72. The van der Waals surface area contributed by atoms with Gasteiger partial charge >= 0.3 is 12.0 Å². The minimum absolute atomic E-state index is 0.0949. The number of aliphatic carboxylic acids is 1. The van der Waals surface area contributed by atoms with Crippen molar-refractivity contribution >= 4 is 28.5 Å². The summed E-state index contributed by atoms with van der Waals surface area (Å²) in [7, 11) is -0.977. The average Bonchev–Trinajstić information content (AvgIpc) is 2.26. The Hall–Kier alpha value is -1.89. The summed E-state index contributed by atoms with van der Waals surface area (Å²) in [6.07, 6.45) is 1.48. The van der Waals surface area contributed by atoms with E-state index in [0.717, 1.165) is 0 Å². The van der Waals surface area contributed by atoms with E-state index >= 15 is 0 Å². The molecule has 1 aromatic carbocycles. The summed E-state index contributed by atoms with van der Waals surface area (Å²) in [5.41, 5.74) is 1.13. The maximum atomic E-state index is 11.7. The number of carboxylic acid groups (broad SMARTS) is 1. The number of carbonyl (C=O) groups is 2. The zero-order valence-corrected chi connectivity index (χ0v) is 12.2. The summed E-state index contributed by atoms with van der Waals surface area (Å²) in [6, 6.07) is 6.03. The second-order valence-corrected chi connectivity index (χ2v) is 5.99. The van der Waals surface area contributed by atoms with Crippen molar-refractivity contribution in [2.75, 3.05) is 17.3 Å². The van der Waals surface area contributed by atoms with Crippen LogP contribution in [0.15, 0.2) is 24.3 Å². The van der Waals surface area contributed by atoms with Gasteiger partial charge < -0.3 is 15.7 Å². The van der Waals surface area contributed by atoms with Gasteiger partial charge in [-0.05, 0) is 24.6 Å². The molecule has 3 N–H and O–H groups in total. The topological polar surface area (TPSA) is 95.5 Å². The Morgan fingerprint density at radius 2 is 2.10 bits per heavy atom. The lowest BCUT2D eigenvalue weighted by atomic mass is 10.1. The lowest BCUT2D eigenvalue weighted by molar-refractivity contribution is -0.136. The smallest absolute Gasteiger partial charge is 0.319 e. The predicted molar refractivity (Wildman–Crippen MR) is 78.3 cm³/mol. The molecule has 0 fully saturated rings. The van der Waals surface area contributed by atoms with Crippen LogP contribution >= 0.6 is 0 Å². The van der Waals surface area contributed by atoms with Crippen LogP contribution in [0.5, 0.6) is 0 Å². The minimum Gasteiger partial charge on any atom is -0.481 e. The predicted octanol–water partition coefficient (Wildman–Crippen LogP) is 1.20. The first-order valence-electron chi connectivity index (χ1n) is 6.05. The molecule has 2 atom stereocenters. The third-order valence-corrected chi connectivity index (χ3v) is 3.37. The largest absolute Gasteiger partial charge is 0.481 e. The monoisotopic (exact) mass is 298 g/mol. The SMILES string of the molecule is CC(CS(C)=O)NC(=O)Nc1cccc(CC(=O)O)c1. The first kappa shape index (κ1) is 16.2. The molecule has 0 aliphatic heterocycles. The van der Waals surface area contributed by atoms with E-state index in [1.54, 1.807) is 37.4 Å². The summed E-state index contributed by atoms with van der Waals surface area (Å²) in [6.45, 7) is 1.77. The number of amides is 2. The van der Waals surface area contributed by atoms with Gasteiger partial charge in [0.2, 0.25) is 0 Å². The lowest BCUT2D eigenvalue weighted by Gasteiger charge is -2.13. The maximum Gasteiger partial charge on any atom is 0.319 e. The second kappa shape index (κ2) is 7.64. The van der Waals surface area contributed by atoms with Gasteiger partial charge in [0.25, 0.3) is 0 Å². The first-order chi connectivity index (χ1) is 9.36. The number of benzene rings is 1. The molecule has 1 rings (SSSR count). The van der Waals surface area contributed by atoms with Crippen molar-refractivity contribution in [1.29, 1.82) is 0 Å². The molecule has 0 bridgehead atoms. The Kier molecular flexibility index (Phi) is 6.17. The van der Waals surface area contributed by atoms with Crippen LogP contribution in [0.1, 0.15) is 12.5 Å². The molecule has 0 spiro atoms. The fraction of sp³-hybridized carbons (Fsp3) is 0.385. The van der Waals surface area contributed by atoms with Gasteiger partial charge in [-0.25, -0.2) is 4.79 Å². The van der Waals surface area contributed by atoms with Crippen LogP contribution in [0.3, 0.4) is 0 Å². The van der Waals surface area contributed by atoms with Crippen LogP contribution in [0.2, 0.25) is 0 Å². The molecule has 7 heteroatoms. The van der Waals surface area contributed by atoms with Gasteiger partial charge in [-0.3, -0.25) is 9.00 Å². The highest BCUT2D eigenvalue weighted by molar-refractivity contribution is 7.84. The van der Waals surface area contributed by atoms with Gasteiger partial charge in [-0.15, -0.1) is 0 Å². The normalized spacial score (nSPS) is 13.3. The zero-order chi connectivity index (χ0) is 15.1. The molecule has 110 valence electrons. The van der Waals surface area contributed by atoms with Crippen molar-refractivity contribution in [2.24, 2.45) is 0 Å². The summed E-state index contributed by atoms with van der Waals surface area (Å²) in [5, 5.41) is 14.0. The first-order valence-corrected chi connectivity index (χ1v) is 7.78. The van der Waals surface area contributed by atoms with E-state index in [1.165, 1.54) is 0 Å². The quantitative estimate of drug-likeness (QED) is 0.735. The van der Waals surface area contributed by atoms with Gasteiger partial charge in [-0.2, -0.15) is 0 Å². The minimum atomic E-state index is -0.977. The summed E-state index contributed by atoms with van der Waals surface area (Å²) in [5.74, 6) is -0.544. The number of nitrogens with one attached hydrogen (secondary N) is 2. The number of urea groups is 1. The summed E-state index contributed by atoms with van der Waals surface area (Å²) < 4.78 is 11.0. The summed E-state index contributed by atoms with van der Waals surface area (Å²) in [4.78, 5) is 22.3. The number of hydrogen-bond donors (Lipinski definition) is 3. The molecule has 0 radical (unpaired) electrons. The maximum absolute atomic E-state index is 11.7. The van der Waals surface area contributed by atoms with Gasteiger partial charge in [-0.1, -0.05) is 12.1 Å². The van der Waals surface area contributed by atoms with Crippen molar-refractivity contribution in [2.45, 2.75) is 19.4 Å². The number of carboxylic acids is 1. The van der Waals surface area contributed by atoms with Crippen LogP contribution in [-0.4, -0.2) is 39.4 Å². The Morgan fingerprint density at radius 1 is 1.40 bits per heavy atom. The van der Waals surface area contributed by atoms with Crippen LogP contribution in [0, 0.1) is 0 Å². The van der Waals surface area contributed by atoms with E-state index in [1.807, 2.05) is 0 Å². The van der Waals surface area contributed by atoms with Crippen molar-refractivity contribution in [3.05, 3.63) is 29.8 Å². The molecule has 0 saturated carbocycles. The van der Waals surface area contributed by atoms with Crippen LogP contribution in [0.4, 0.5) is 10.5 Å². The highest BCUT2D eigenvalue weighted by atomic mass is 32.2. The molecule has 6 nitrogen and oxygen atoms in total. The Bertz CT molecular complexity index is 519. The van der Waals surface area contributed by atoms with Crippen molar-refractivity contribution in [3.8, 4) is 0 Å². The molecule has 0 heterocycles. The van der Waals surface area contributed by atoms with E-state index in [9.17, 15) is 13.8 Å². The Labute approximate surface area is 120 Å². The molecular formula is C13H18N2O4S. The number of hydrogen-bond acceptors (Lipinski definition) is 3. The van der Waals surface area contributed by atoms with Gasteiger partial charge in [0.05, 0.1) is 6.42 Å². The number of anilines is 1. The van der Waals surface area contributed by atoms with Crippen molar-refractivity contribution in [3.63, 3.8) is 0 Å². The zero-order valence-electron chi connectivity index (χ0n) is 11.4. The third kappa shape index (κ3) is 6.33. The molecular weight excluding hydrogens is 280 g/mol. The number of carbonyl (C=O) groups excluding carboxylic acids is 1. The fourth-order valence-corrected chi connectivity index (χ4v) is 2.51. The third-order valence-electron chi connectivity index (χ3n) is 2.40. The van der Waals surface area contributed by atoms with E-state index in [-0.39, 0.29) is 12.5 Å². The van der Waals surface area contributed by atoms with Crippen LogP contribution < -0.4 is 10.6 Å². The molecule has 1 aromatic rings. The standard InChI is InChI=1S/C13H18N2O4S/c1-9(8-20(2)19)14-13(18)15-11-5-3-4-10(6-11)7-12(16)17/h3-6,9H,7-8H2,1-2H3,(H,16,17)(H2,14,15,18). The van der Waals surface area contributed by atoms with Crippen molar-refractivity contribution in [1.82, 2.24) is 5.32 Å². The second-order valence-electron chi connectivity index (χ2n) is 4.51. The molecule has 0 aliphatic carbocycles. The van der Waals surface area contributed by atoms with E-state index in [2.05, 4.69) is 10.6 Å². The molecule has 0 aromatic heterocycles. The highest BCUT2D eigenvalue weighted by Crippen LogP contribution is 2.11. The van der Waals surface area contributed by atoms with Crippen LogP contribution in [0.25, 0.3) is 0 Å². The van der Waals surface area contributed by atoms with Crippen molar-refractivity contribution < 1.29 is 18.9 Å². The average molecular weight is 298 g/mol. The lowest BCUT2D eigenvalue weighted by Crippen LogP contribution is -2.39. The molecule has 2 amide bonds. The highest BCUT2D eigenvalue weighted by Gasteiger charge is 2.09. The molecule has 0 aliphatic rings. The molecule has 2 unspecified atom stereocenters. The van der Waals surface area contributed by atoms with Gasteiger partial charge in [0, 0.05) is 34.5 Å².